The normalized spacial score (nSPS) is 11.7. The minimum Gasteiger partial charge on any atom is -2.00 e. The third kappa shape index (κ3) is 7.41. The number of nitrogens with one attached hydrogen (secondary N) is 3. The van der Waals surface area contributed by atoms with Gasteiger partial charge in [-0.15, -0.1) is 0 Å². The Bertz CT molecular complexity index is 1090. The number of carbonyl (C=O) groups is 2. The van der Waals surface area contributed by atoms with Gasteiger partial charge in [-0.05, 0) is 53.3 Å². The molecule has 2 amide bonds. The fourth-order valence-corrected chi connectivity index (χ4v) is 3.31. The number of hydrogen-bond acceptors (Lipinski definition) is 3. The average molecular weight is 453 g/mol. The van der Waals surface area contributed by atoms with E-state index in [1.54, 1.807) is 0 Å². The lowest BCUT2D eigenvalue weighted by Gasteiger charge is -2.17. The van der Waals surface area contributed by atoms with Gasteiger partial charge >= 0.3 is 0 Å². The summed E-state index contributed by atoms with van der Waals surface area (Å²) in [7, 11) is 0. The molecule has 1 aromatic heterocycles. The van der Waals surface area contributed by atoms with Gasteiger partial charge in [0.05, 0.1) is 11.0 Å². The van der Waals surface area contributed by atoms with Gasteiger partial charge < -0.3 is 29.1 Å². The molecule has 1 heterocycles. The van der Waals surface area contributed by atoms with Gasteiger partial charge in [0.2, 0.25) is 11.8 Å². The van der Waals surface area contributed by atoms with Gasteiger partial charge in [0.25, 0.3) is 0 Å². The topological polar surface area (TPSA) is 86.9 Å². The van der Waals surface area contributed by atoms with Crippen LogP contribution < -0.4 is 10.6 Å². The highest BCUT2D eigenvalue weighted by Crippen LogP contribution is 2.26. The Hall–Kier alpha value is -2.80. The van der Waals surface area contributed by atoms with Crippen LogP contribution in [-0.4, -0.2) is 21.8 Å². The number of anilines is 2. The highest BCUT2D eigenvalue weighted by atomic mass is 32.1. The average Bonchev–Trinajstić information content (AvgIpc) is 3.02. The molecule has 0 spiro atoms. The van der Waals surface area contributed by atoms with Gasteiger partial charge in [-0.1, -0.05) is 41.5 Å². The zero-order valence-corrected chi connectivity index (χ0v) is 20.4. The molecule has 0 unspecified atom stereocenters. The number of nitrogens with zero attached hydrogens (tertiary/aromatic N) is 1. The van der Waals surface area contributed by atoms with Crippen LogP contribution in [0.4, 0.5) is 11.4 Å². The molecule has 172 valence electrons. The van der Waals surface area contributed by atoms with Gasteiger partial charge in [-0.25, -0.2) is 4.98 Å². The molecule has 2 aromatic carbocycles. The van der Waals surface area contributed by atoms with Crippen molar-refractivity contribution in [1.29, 1.82) is 0 Å². The minimum atomic E-state index is -0.0618. The van der Waals surface area contributed by atoms with Crippen molar-refractivity contribution in [2.45, 2.75) is 54.4 Å². The number of benzene rings is 2. The van der Waals surface area contributed by atoms with Gasteiger partial charge in [0.1, 0.15) is 5.82 Å². The van der Waals surface area contributed by atoms with Crippen LogP contribution in [0.3, 0.4) is 0 Å². The predicted octanol–water partition coefficient (Wildman–Crippen LogP) is 5.98. The van der Waals surface area contributed by atoms with E-state index in [0.29, 0.717) is 12.8 Å². The zero-order valence-electron chi connectivity index (χ0n) is 19.6. The first kappa shape index (κ1) is 25.5. The molecular weight excluding hydrogens is 420 g/mol. The van der Waals surface area contributed by atoms with E-state index < -0.39 is 0 Å². The molecule has 3 aromatic rings. The Kier molecular flexibility index (Phi) is 7.78. The number of aromatic nitrogens is 2. The molecule has 0 aliphatic rings. The number of fused-ring (bicyclic) bond motifs is 1. The summed E-state index contributed by atoms with van der Waals surface area (Å²) in [6.45, 7) is 12.2. The maximum atomic E-state index is 12.2. The first-order valence-electron chi connectivity index (χ1n) is 10.6. The molecule has 0 fully saturated rings. The molecule has 0 radical (unpaired) electrons. The van der Waals surface area contributed by atoms with Crippen LogP contribution in [0.15, 0.2) is 42.5 Å². The Morgan fingerprint density at radius 2 is 1.31 bits per heavy atom. The number of rotatable bonds is 5. The maximum Gasteiger partial charge on any atom is 0.224 e. The first-order valence-corrected chi connectivity index (χ1v) is 10.6. The standard InChI is InChI=1S/C25H32N4O2.S/c1-24(2,3)14-21(30)26-17-9-7-16(8-10-17)23-28-19-12-11-18(13-20(19)29-23)27-22(31)15-25(4,5)6;/h7-13H,14-15H2,1-6H3,(H,26,30)(H,27,31)(H,28,29);/q;-2. The summed E-state index contributed by atoms with van der Waals surface area (Å²) in [5.74, 6) is 0.737. The molecule has 6 nitrogen and oxygen atoms in total. The van der Waals surface area contributed by atoms with E-state index >= 15 is 0 Å². The highest BCUT2D eigenvalue weighted by Gasteiger charge is 2.17. The number of imidazole rings is 1. The van der Waals surface area contributed by atoms with Crippen molar-refractivity contribution in [1.82, 2.24) is 9.97 Å². The number of aromatic amines is 1. The second-order valence-electron chi connectivity index (χ2n) is 10.5. The molecule has 0 atom stereocenters. The van der Waals surface area contributed by atoms with E-state index in [9.17, 15) is 9.59 Å². The van der Waals surface area contributed by atoms with Gasteiger partial charge in [0.15, 0.2) is 0 Å². The Labute approximate surface area is 197 Å². The highest BCUT2D eigenvalue weighted by molar-refractivity contribution is 7.37. The molecular formula is C25H32N4O2S-2. The predicted molar refractivity (Wildman–Crippen MR) is 134 cm³/mol. The van der Waals surface area contributed by atoms with Crippen LogP contribution in [-0.2, 0) is 23.1 Å². The van der Waals surface area contributed by atoms with E-state index in [1.165, 1.54) is 0 Å². The number of H-pyrrole nitrogens is 1. The molecule has 3 rings (SSSR count). The lowest BCUT2D eigenvalue weighted by molar-refractivity contribution is -0.118. The van der Waals surface area contributed by atoms with Gasteiger partial charge in [-0.3, -0.25) is 9.59 Å². The Morgan fingerprint density at radius 3 is 1.84 bits per heavy atom. The summed E-state index contributed by atoms with van der Waals surface area (Å²) in [5, 5.41) is 5.89. The Balaban J connectivity index is 0.00000363. The largest absolute Gasteiger partial charge is 2.00 e. The lowest BCUT2D eigenvalue weighted by Crippen LogP contribution is -2.19. The van der Waals surface area contributed by atoms with Crippen molar-refractivity contribution < 1.29 is 9.59 Å². The van der Waals surface area contributed by atoms with Crippen molar-refractivity contribution in [2.75, 3.05) is 10.6 Å². The van der Waals surface area contributed by atoms with Crippen molar-refractivity contribution in [3.63, 3.8) is 0 Å². The first-order chi connectivity index (χ1) is 14.4. The molecule has 32 heavy (non-hydrogen) atoms. The monoisotopic (exact) mass is 452 g/mol. The van der Waals surface area contributed by atoms with Crippen molar-refractivity contribution in [3.05, 3.63) is 42.5 Å². The fraction of sp³-hybridized carbons (Fsp3) is 0.400. The van der Waals surface area contributed by atoms with E-state index in [2.05, 4.69) is 20.6 Å². The summed E-state index contributed by atoms with van der Waals surface area (Å²) in [6.07, 6.45) is 0.921. The second-order valence-corrected chi connectivity index (χ2v) is 10.5. The zero-order chi connectivity index (χ0) is 22.8. The number of hydrogen-bond donors (Lipinski definition) is 3. The molecule has 0 aliphatic heterocycles. The summed E-state index contributed by atoms with van der Waals surface area (Å²) in [6, 6.07) is 13.3. The van der Waals surface area contributed by atoms with Gasteiger partial charge in [0, 0.05) is 29.8 Å². The van der Waals surface area contributed by atoms with Crippen molar-refractivity contribution in [3.8, 4) is 11.4 Å². The smallest absolute Gasteiger partial charge is 0.224 e. The molecule has 0 aliphatic carbocycles. The SMILES string of the molecule is CC(C)(C)CC(=O)Nc1ccc(-c2nc3ccc(NC(=O)CC(C)(C)C)cc3[nH]2)cc1.[S-2]. The van der Waals surface area contributed by atoms with Crippen molar-refractivity contribution in [2.24, 2.45) is 10.8 Å². The van der Waals surface area contributed by atoms with Crippen LogP contribution in [0.1, 0.15) is 54.4 Å². The third-order valence-corrected chi connectivity index (χ3v) is 4.59. The van der Waals surface area contributed by atoms with Crippen LogP contribution in [0.5, 0.6) is 0 Å². The molecule has 0 saturated heterocycles. The number of carbonyl (C=O) groups excluding carboxylic acids is 2. The van der Waals surface area contributed by atoms with E-state index in [4.69, 9.17) is 0 Å². The minimum absolute atomic E-state index is 0. The molecule has 0 bridgehead atoms. The maximum absolute atomic E-state index is 12.2. The quantitative estimate of drug-likeness (QED) is 0.445. The summed E-state index contributed by atoms with van der Waals surface area (Å²) < 4.78 is 0. The lowest BCUT2D eigenvalue weighted by atomic mass is 9.92. The van der Waals surface area contributed by atoms with Crippen LogP contribution in [0, 0.1) is 10.8 Å². The fourth-order valence-electron chi connectivity index (χ4n) is 3.31. The van der Waals surface area contributed by atoms with Crippen LogP contribution in [0.2, 0.25) is 0 Å². The van der Waals surface area contributed by atoms with Gasteiger partial charge in [-0.2, -0.15) is 0 Å². The van der Waals surface area contributed by atoms with Crippen molar-refractivity contribution >= 4 is 47.7 Å². The molecule has 3 N–H and O–H groups in total. The summed E-state index contributed by atoms with van der Waals surface area (Å²) >= 11 is 0. The molecule has 0 saturated carbocycles. The van der Waals surface area contributed by atoms with Crippen LogP contribution >= 0.6 is 0 Å². The van der Waals surface area contributed by atoms with E-state index in [-0.39, 0.29) is 36.1 Å². The molecule has 7 heteroatoms. The summed E-state index contributed by atoms with van der Waals surface area (Å²) in [5.41, 5.74) is 3.99. The third-order valence-electron chi connectivity index (χ3n) is 4.59. The second kappa shape index (κ2) is 9.77. The summed E-state index contributed by atoms with van der Waals surface area (Å²) in [4.78, 5) is 32.3. The number of amides is 2. The Morgan fingerprint density at radius 1 is 0.812 bits per heavy atom. The van der Waals surface area contributed by atoms with E-state index in [0.717, 1.165) is 33.8 Å². The van der Waals surface area contributed by atoms with E-state index in [1.807, 2.05) is 84.0 Å². The van der Waals surface area contributed by atoms with Crippen LogP contribution in [0.25, 0.3) is 22.4 Å².